The quantitative estimate of drug-likeness (QED) is 0.581. The number of hydrogen-bond acceptors (Lipinski definition) is 5. The third kappa shape index (κ3) is 5.44. The minimum Gasteiger partial charge on any atom is -0.497 e. The highest BCUT2D eigenvalue weighted by molar-refractivity contribution is 5.98. The molecule has 136 valence electrons. The van der Waals surface area contributed by atoms with Crippen LogP contribution in [-0.2, 0) is 16.0 Å². The SMILES string of the molecule is CCc1ccc(C(=O)COC(=O)CNC(=O)c2ccc(OC)cc2)cc1. The molecule has 1 N–H and O–H groups in total. The van der Waals surface area contributed by atoms with Crippen LogP contribution in [0.25, 0.3) is 0 Å². The molecular weight excluding hydrogens is 334 g/mol. The molecule has 0 aliphatic rings. The normalized spacial score (nSPS) is 10.1. The predicted octanol–water partition coefficient (Wildman–Crippen LogP) is 2.41. The van der Waals surface area contributed by atoms with Gasteiger partial charge in [-0.15, -0.1) is 0 Å². The van der Waals surface area contributed by atoms with Crippen LogP contribution in [0.1, 0.15) is 33.2 Å². The van der Waals surface area contributed by atoms with Crippen molar-refractivity contribution in [2.45, 2.75) is 13.3 Å². The van der Waals surface area contributed by atoms with Crippen LogP contribution in [0.15, 0.2) is 48.5 Å². The van der Waals surface area contributed by atoms with E-state index in [1.165, 1.54) is 7.11 Å². The topological polar surface area (TPSA) is 81.7 Å². The molecule has 0 bridgehead atoms. The first kappa shape index (κ1) is 19.2. The Kier molecular flexibility index (Phi) is 6.91. The Morgan fingerprint density at radius 2 is 1.54 bits per heavy atom. The maximum atomic E-state index is 12.0. The molecule has 0 saturated carbocycles. The van der Waals surface area contributed by atoms with E-state index < -0.39 is 11.9 Å². The number of Topliss-reactive ketones (excluding diaryl/α,β-unsaturated/α-hetero) is 1. The lowest BCUT2D eigenvalue weighted by Crippen LogP contribution is -2.31. The fourth-order valence-electron chi connectivity index (χ4n) is 2.20. The minimum absolute atomic E-state index is 0.289. The second-order valence-electron chi connectivity index (χ2n) is 5.55. The van der Waals surface area contributed by atoms with E-state index in [0.717, 1.165) is 12.0 Å². The molecule has 0 aromatic heterocycles. The Morgan fingerprint density at radius 1 is 0.923 bits per heavy atom. The van der Waals surface area contributed by atoms with Crippen LogP contribution in [0.5, 0.6) is 5.75 Å². The maximum absolute atomic E-state index is 12.0. The fourth-order valence-corrected chi connectivity index (χ4v) is 2.20. The second kappa shape index (κ2) is 9.36. The van der Waals surface area contributed by atoms with E-state index in [-0.39, 0.29) is 18.9 Å². The van der Waals surface area contributed by atoms with Gasteiger partial charge in [-0.3, -0.25) is 14.4 Å². The average molecular weight is 355 g/mol. The summed E-state index contributed by atoms with van der Waals surface area (Å²) in [6.07, 6.45) is 0.886. The number of methoxy groups -OCH3 is 1. The smallest absolute Gasteiger partial charge is 0.325 e. The van der Waals surface area contributed by atoms with Gasteiger partial charge < -0.3 is 14.8 Å². The number of hydrogen-bond donors (Lipinski definition) is 1. The lowest BCUT2D eigenvalue weighted by atomic mass is 10.1. The van der Waals surface area contributed by atoms with Crippen molar-refractivity contribution < 1.29 is 23.9 Å². The first-order valence-corrected chi connectivity index (χ1v) is 8.23. The summed E-state index contributed by atoms with van der Waals surface area (Å²) in [5.41, 5.74) is 2.00. The van der Waals surface area contributed by atoms with Crippen molar-refractivity contribution in [3.63, 3.8) is 0 Å². The third-order valence-corrected chi connectivity index (χ3v) is 3.79. The van der Waals surface area contributed by atoms with E-state index in [1.807, 2.05) is 19.1 Å². The molecule has 6 heteroatoms. The van der Waals surface area contributed by atoms with Gasteiger partial charge in [0.15, 0.2) is 12.4 Å². The van der Waals surface area contributed by atoms with E-state index >= 15 is 0 Å². The summed E-state index contributed by atoms with van der Waals surface area (Å²) >= 11 is 0. The van der Waals surface area contributed by atoms with Gasteiger partial charge in [0, 0.05) is 11.1 Å². The maximum Gasteiger partial charge on any atom is 0.325 e. The number of rotatable bonds is 8. The number of carbonyl (C=O) groups excluding carboxylic acids is 3. The Labute approximate surface area is 152 Å². The van der Waals surface area contributed by atoms with Gasteiger partial charge >= 0.3 is 5.97 Å². The van der Waals surface area contributed by atoms with Crippen molar-refractivity contribution in [2.75, 3.05) is 20.3 Å². The highest BCUT2D eigenvalue weighted by atomic mass is 16.5. The van der Waals surface area contributed by atoms with Crippen LogP contribution in [0.3, 0.4) is 0 Å². The van der Waals surface area contributed by atoms with Crippen LogP contribution >= 0.6 is 0 Å². The van der Waals surface area contributed by atoms with Gasteiger partial charge in [0.2, 0.25) is 0 Å². The molecule has 26 heavy (non-hydrogen) atoms. The zero-order valence-electron chi connectivity index (χ0n) is 14.8. The highest BCUT2D eigenvalue weighted by Gasteiger charge is 2.12. The highest BCUT2D eigenvalue weighted by Crippen LogP contribution is 2.11. The van der Waals surface area contributed by atoms with Gasteiger partial charge in [-0.1, -0.05) is 31.2 Å². The van der Waals surface area contributed by atoms with Crippen LogP contribution in [0.4, 0.5) is 0 Å². The van der Waals surface area contributed by atoms with Crippen molar-refractivity contribution in [3.05, 3.63) is 65.2 Å². The van der Waals surface area contributed by atoms with Gasteiger partial charge in [0.1, 0.15) is 12.3 Å². The van der Waals surface area contributed by atoms with Crippen LogP contribution < -0.4 is 10.1 Å². The minimum atomic E-state index is -0.676. The van der Waals surface area contributed by atoms with Gasteiger partial charge in [-0.2, -0.15) is 0 Å². The van der Waals surface area contributed by atoms with Crippen molar-refractivity contribution in [1.82, 2.24) is 5.32 Å². The first-order valence-electron chi connectivity index (χ1n) is 8.23. The molecule has 2 rings (SSSR count). The summed E-state index contributed by atoms with van der Waals surface area (Å²) in [6.45, 7) is 1.36. The summed E-state index contributed by atoms with van der Waals surface area (Å²) < 4.78 is 9.93. The molecule has 6 nitrogen and oxygen atoms in total. The molecule has 2 aromatic rings. The summed E-state index contributed by atoms with van der Waals surface area (Å²) in [4.78, 5) is 35.6. The zero-order valence-corrected chi connectivity index (χ0v) is 14.8. The predicted molar refractivity (Wildman–Crippen MR) is 96.4 cm³/mol. The van der Waals surface area contributed by atoms with Crippen LogP contribution in [0, 0.1) is 0 Å². The van der Waals surface area contributed by atoms with E-state index in [9.17, 15) is 14.4 Å². The number of benzene rings is 2. The Bertz CT molecular complexity index is 700. The molecule has 0 spiro atoms. The lowest BCUT2D eigenvalue weighted by molar-refractivity contribution is -0.141. The summed E-state index contributed by atoms with van der Waals surface area (Å²) in [6, 6.07) is 13.6. The number of carbonyl (C=O) groups is 3. The summed E-state index contributed by atoms with van der Waals surface area (Å²) in [5.74, 6) is -0.745. The molecule has 0 atom stereocenters. The Hall–Kier alpha value is -3.15. The van der Waals surface area contributed by atoms with Crippen molar-refractivity contribution >= 4 is 17.7 Å². The van der Waals surface area contributed by atoms with Gasteiger partial charge in [-0.25, -0.2) is 0 Å². The van der Waals surface area contributed by atoms with Crippen molar-refractivity contribution in [1.29, 1.82) is 0 Å². The van der Waals surface area contributed by atoms with Crippen LogP contribution in [0.2, 0.25) is 0 Å². The number of nitrogens with one attached hydrogen (secondary N) is 1. The molecule has 0 radical (unpaired) electrons. The molecule has 0 saturated heterocycles. The zero-order chi connectivity index (χ0) is 18.9. The number of ether oxygens (including phenoxy) is 2. The lowest BCUT2D eigenvalue weighted by Gasteiger charge is -2.07. The largest absolute Gasteiger partial charge is 0.497 e. The first-order chi connectivity index (χ1) is 12.5. The number of esters is 1. The molecule has 0 unspecified atom stereocenters. The standard InChI is InChI=1S/C20H21NO5/c1-3-14-4-6-15(7-5-14)18(22)13-26-19(23)12-21-20(24)16-8-10-17(25-2)11-9-16/h4-11H,3,12-13H2,1-2H3,(H,21,24). The van der Waals surface area contributed by atoms with Gasteiger partial charge in [0.05, 0.1) is 7.11 Å². The van der Waals surface area contributed by atoms with Crippen molar-refractivity contribution in [2.24, 2.45) is 0 Å². The van der Waals surface area contributed by atoms with E-state index in [0.29, 0.717) is 16.9 Å². The van der Waals surface area contributed by atoms with Gasteiger partial charge in [0.25, 0.3) is 5.91 Å². The Balaban J connectivity index is 1.77. The van der Waals surface area contributed by atoms with Crippen LogP contribution in [-0.4, -0.2) is 37.9 Å². The average Bonchev–Trinajstić information content (AvgIpc) is 2.70. The van der Waals surface area contributed by atoms with Crippen molar-refractivity contribution in [3.8, 4) is 5.75 Å². The molecule has 0 aliphatic heterocycles. The third-order valence-electron chi connectivity index (χ3n) is 3.79. The van der Waals surface area contributed by atoms with Gasteiger partial charge in [-0.05, 0) is 36.2 Å². The van der Waals surface area contributed by atoms with E-state index in [1.54, 1.807) is 36.4 Å². The summed E-state index contributed by atoms with van der Waals surface area (Å²) in [5, 5.41) is 2.45. The number of amides is 1. The molecule has 1 amide bonds. The van der Waals surface area contributed by atoms with E-state index in [2.05, 4.69) is 5.32 Å². The number of aryl methyl sites for hydroxylation is 1. The molecule has 0 fully saturated rings. The Morgan fingerprint density at radius 3 is 2.12 bits per heavy atom. The monoisotopic (exact) mass is 355 g/mol. The molecule has 0 heterocycles. The fraction of sp³-hybridized carbons (Fsp3) is 0.250. The second-order valence-corrected chi connectivity index (χ2v) is 5.55. The van der Waals surface area contributed by atoms with E-state index in [4.69, 9.17) is 9.47 Å². The molecule has 0 aliphatic carbocycles. The number of ketones is 1. The molecular formula is C20H21NO5. The summed E-state index contributed by atoms with van der Waals surface area (Å²) in [7, 11) is 1.53. The molecule has 2 aromatic carbocycles.